The molecule has 0 saturated carbocycles. The van der Waals surface area contributed by atoms with Crippen LogP contribution in [0, 0.1) is 5.92 Å². The Kier molecular flexibility index (Phi) is 5.50. The Morgan fingerprint density at radius 1 is 1.41 bits per heavy atom. The number of ether oxygens (including phenoxy) is 1. The van der Waals surface area contributed by atoms with Gasteiger partial charge in [0.05, 0.1) is 11.3 Å². The fraction of sp³-hybridized carbons (Fsp3) is 0.667. The maximum absolute atomic E-state index is 12.3. The zero-order valence-electron chi connectivity index (χ0n) is 12.8. The van der Waals surface area contributed by atoms with Crippen LogP contribution in [-0.4, -0.2) is 45.6 Å². The van der Waals surface area contributed by atoms with Gasteiger partial charge in [0.15, 0.2) is 0 Å². The predicted octanol–water partition coefficient (Wildman–Crippen LogP) is 2.00. The maximum atomic E-state index is 12.3. The largest absolute Gasteiger partial charge is 0.477 e. The number of hydrogen-bond acceptors (Lipinski definition) is 5. The second kappa shape index (κ2) is 7.17. The highest BCUT2D eigenvalue weighted by atomic mass is 32.2. The number of aliphatic carboxylic acids is 1. The monoisotopic (exact) mass is 327 g/mol. The Balaban J connectivity index is 2.10. The minimum atomic E-state index is -1.13. The summed E-state index contributed by atoms with van der Waals surface area (Å²) < 4.78 is 4.90. The van der Waals surface area contributed by atoms with E-state index in [2.05, 4.69) is 6.92 Å². The smallest absolute Gasteiger partial charge is 0.352 e. The van der Waals surface area contributed by atoms with Crippen molar-refractivity contribution in [3.05, 3.63) is 11.3 Å². The molecule has 0 bridgehead atoms. The number of fused-ring (bicyclic) bond motifs is 1. The lowest BCUT2D eigenvalue weighted by molar-refractivity contribution is -0.153. The molecule has 2 aliphatic rings. The van der Waals surface area contributed by atoms with Crippen LogP contribution in [0.5, 0.6) is 0 Å². The van der Waals surface area contributed by atoms with Crippen LogP contribution >= 0.6 is 11.8 Å². The average Bonchev–Trinajstić information content (AvgIpc) is 2.48. The summed E-state index contributed by atoms with van der Waals surface area (Å²) in [5.41, 5.74) is 0.492. The van der Waals surface area contributed by atoms with Crippen LogP contribution in [0.2, 0.25) is 0 Å². The van der Waals surface area contributed by atoms with Gasteiger partial charge in [-0.15, -0.1) is 11.8 Å². The minimum absolute atomic E-state index is 0.00161. The number of amides is 1. The van der Waals surface area contributed by atoms with Crippen molar-refractivity contribution in [2.75, 3.05) is 12.4 Å². The van der Waals surface area contributed by atoms with Gasteiger partial charge in [0, 0.05) is 18.2 Å². The molecule has 2 heterocycles. The molecule has 1 N–H and O–H groups in total. The Labute approximate surface area is 133 Å². The molecule has 0 radical (unpaired) electrons. The van der Waals surface area contributed by atoms with Crippen molar-refractivity contribution >= 4 is 29.6 Å². The standard InChI is InChI=1S/C15H21NO5S/c1-3-4-5-6-11-13(18)16-12(15(19)20)10(7-21-9(2)17)8-22-14(11)16/h11,14H,3-8H2,1-2H3,(H,19,20)/t11-,14-/m1/s1. The van der Waals surface area contributed by atoms with E-state index in [0.717, 1.165) is 25.7 Å². The number of thioether (sulfide) groups is 1. The van der Waals surface area contributed by atoms with Gasteiger partial charge in [-0.2, -0.15) is 0 Å². The first kappa shape index (κ1) is 16.9. The summed E-state index contributed by atoms with van der Waals surface area (Å²) in [6, 6.07) is 0. The molecule has 0 aromatic rings. The summed E-state index contributed by atoms with van der Waals surface area (Å²) >= 11 is 1.56. The van der Waals surface area contributed by atoms with Crippen molar-refractivity contribution < 1.29 is 24.2 Å². The van der Waals surface area contributed by atoms with Gasteiger partial charge >= 0.3 is 11.9 Å². The molecule has 0 aliphatic carbocycles. The van der Waals surface area contributed by atoms with Crippen LogP contribution in [0.25, 0.3) is 0 Å². The second-order valence-corrected chi connectivity index (χ2v) is 6.65. The fourth-order valence-corrected chi connectivity index (χ4v) is 4.25. The number of carboxylic acids is 1. The van der Waals surface area contributed by atoms with Crippen LogP contribution in [0.15, 0.2) is 11.3 Å². The van der Waals surface area contributed by atoms with Crippen LogP contribution in [-0.2, 0) is 19.1 Å². The summed E-state index contributed by atoms with van der Waals surface area (Å²) in [4.78, 5) is 36.1. The van der Waals surface area contributed by atoms with Crippen molar-refractivity contribution in [2.45, 2.75) is 44.9 Å². The topological polar surface area (TPSA) is 83.9 Å². The Morgan fingerprint density at radius 3 is 2.73 bits per heavy atom. The lowest BCUT2D eigenvalue weighted by Crippen LogP contribution is -2.61. The molecule has 2 rings (SSSR count). The third-order valence-corrected chi connectivity index (χ3v) is 5.32. The van der Waals surface area contributed by atoms with E-state index >= 15 is 0 Å². The Hall–Kier alpha value is -1.50. The van der Waals surface area contributed by atoms with Crippen molar-refractivity contribution in [2.24, 2.45) is 5.92 Å². The number of rotatable bonds is 7. The number of β-lactam (4-membered cyclic amide) rings is 1. The Bertz CT molecular complexity index is 516. The fourth-order valence-electron chi connectivity index (χ4n) is 2.81. The van der Waals surface area contributed by atoms with Crippen LogP contribution in [0.4, 0.5) is 0 Å². The highest BCUT2D eigenvalue weighted by molar-refractivity contribution is 8.00. The van der Waals surface area contributed by atoms with Gasteiger partial charge in [-0.25, -0.2) is 4.79 Å². The van der Waals surface area contributed by atoms with Gasteiger partial charge in [0.2, 0.25) is 5.91 Å². The van der Waals surface area contributed by atoms with E-state index in [0.29, 0.717) is 11.3 Å². The number of unbranched alkanes of at least 4 members (excludes halogenated alkanes) is 2. The summed E-state index contributed by atoms with van der Waals surface area (Å²) in [5, 5.41) is 9.33. The quantitative estimate of drug-likeness (QED) is 0.437. The number of carboxylic acid groups (broad SMARTS) is 1. The third kappa shape index (κ3) is 3.29. The highest BCUT2D eigenvalue weighted by Crippen LogP contribution is 2.45. The first-order valence-corrected chi connectivity index (χ1v) is 8.55. The van der Waals surface area contributed by atoms with Gasteiger partial charge in [0.1, 0.15) is 12.3 Å². The molecule has 6 nitrogen and oxygen atoms in total. The highest BCUT2D eigenvalue weighted by Gasteiger charge is 2.52. The Morgan fingerprint density at radius 2 is 2.14 bits per heavy atom. The van der Waals surface area contributed by atoms with E-state index < -0.39 is 11.9 Å². The van der Waals surface area contributed by atoms with E-state index in [4.69, 9.17) is 4.74 Å². The van der Waals surface area contributed by atoms with Crippen LogP contribution < -0.4 is 0 Å². The number of esters is 1. The normalized spacial score (nSPS) is 23.9. The predicted molar refractivity (Wildman–Crippen MR) is 82.0 cm³/mol. The number of carbonyl (C=O) groups is 3. The number of carbonyl (C=O) groups excluding carboxylic acids is 2. The van der Waals surface area contributed by atoms with Crippen molar-refractivity contribution in [3.8, 4) is 0 Å². The first-order valence-electron chi connectivity index (χ1n) is 7.50. The summed E-state index contributed by atoms with van der Waals surface area (Å²) in [6.07, 6.45) is 3.98. The van der Waals surface area contributed by atoms with E-state index in [1.54, 1.807) is 11.8 Å². The lowest BCUT2D eigenvalue weighted by Gasteiger charge is -2.49. The molecule has 2 aliphatic heterocycles. The second-order valence-electron chi connectivity index (χ2n) is 5.55. The molecule has 7 heteroatoms. The molecule has 0 aromatic heterocycles. The molecule has 1 saturated heterocycles. The van der Waals surface area contributed by atoms with E-state index in [-0.39, 0.29) is 29.5 Å². The zero-order valence-corrected chi connectivity index (χ0v) is 13.6. The maximum Gasteiger partial charge on any atom is 0.352 e. The summed E-state index contributed by atoms with van der Waals surface area (Å²) in [5.74, 6) is -1.31. The van der Waals surface area contributed by atoms with Gasteiger partial charge < -0.3 is 9.84 Å². The molecule has 22 heavy (non-hydrogen) atoms. The molecule has 0 spiro atoms. The molecular weight excluding hydrogens is 306 g/mol. The lowest BCUT2D eigenvalue weighted by atomic mass is 9.90. The van der Waals surface area contributed by atoms with Crippen LogP contribution in [0.1, 0.15) is 39.5 Å². The molecule has 1 fully saturated rings. The molecule has 122 valence electrons. The molecule has 0 aromatic carbocycles. The number of hydrogen-bond donors (Lipinski definition) is 1. The summed E-state index contributed by atoms with van der Waals surface area (Å²) in [6.45, 7) is 3.32. The third-order valence-electron chi connectivity index (χ3n) is 3.93. The van der Waals surface area contributed by atoms with Gasteiger partial charge in [-0.3, -0.25) is 14.5 Å². The van der Waals surface area contributed by atoms with Crippen molar-refractivity contribution in [3.63, 3.8) is 0 Å². The SMILES string of the molecule is CCCCC[C@@H]1C(=O)N2C(C(=O)O)=C(COC(C)=O)CS[C@H]12. The first-order chi connectivity index (χ1) is 10.5. The van der Waals surface area contributed by atoms with Gasteiger partial charge in [0.25, 0.3) is 0 Å². The molecular formula is C15H21NO5S. The summed E-state index contributed by atoms with van der Waals surface area (Å²) in [7, 11) is 0. The van der Waals surface area contributed by atoms with Gasteiger partial charge in [-0.1, -0.05) is 26.2 Å². The van der Waals surface area contributed by atoms with E-state index in [9.17, 15) is 19.5 Å². The van der Waals surface area contributed by atoms with Gasteiger partial charge in [-0.05, 0) is 6.42 Å². The zero-order chi connectivity index (χ0) is 16.3. The molecule has 2 atom stereocenters. The van der Waals surface area contributed by atoms with E-state index in [1.807, 2.05) is 0 Å². The molecule has 1 amide bonds. The van der Waals surface area contributed by atoms with Crippen molar-refractivity contribution in [1.82, 2.24) is 4.90 Å². The molecule has 0 unspecified atom stereocenters. The van der Waals surface area contributed by atoms with Crippen molar-refractivity contribution in [1.29, 1.82) is 0 Å². The number of nitrogens with zero attached hydrogens (tertiary/aromatic N) is 1. The average molecular weight is 327 g/mol. The van der Waals surface area contributed by atoms with Crippen LogP contribution in [0.3, 0.4) is 0 Å². The van der Waals surface area contributed by atoms with E-state index in [1.165, 1.54) is 11.8 Å². The minimum Gasteiger partial charge on any atom is -0.477 e.